The fourth-order valence-corrected chi connectivity index (χ4v) is 2.87. The molecule has 6 heteroatoms. The molecule has 0 fully saturated rings. The number of rotatable bonds is 1. The Morgan fingerprint density at radius 3 is 2.60 bits per heavy atom. The van der Waals surface area contributed by atoms with Gasteiger partial charge in [-0.25, -0.2) is 0 Å². The highest BCUT2D eigenvalue weighted by Gasteiger charge is 2.22. The first-order valence-corrected chi connectivity index (χ1v) is 6.15. The van der Waals surface area contributed by atoms with E-state index in [9.17, 15) is 8.42 Å². The van der Waals surface area contributed by atoms with Gasteiger partial charge in [0, 0.05) is 0 Å². The van der Waals surface area contributed by atoms with Gasteiger partial charge in [-0.05, 0) is 36.6 Å². The fraction of sp³-hybridized carbons (Fsp3) is 0.333. The lowest BCUT2D eigenvalue weighted by Crippen LogP contribution is -2.21. The average molecular weight is 292 g/mol. The Hall–Kier alpha value is -0.880. The van der Waals surface area contributed by atoms with E-state index in [0.29, 0.717) is 4.86 Å². The van der Waals surface area contributed by atoms with Crippen molar-refractivity contribution in [2.75, 3.05) is 0 Å². The van der Waals surface area contributed by atoms with E-state index < -0.39 is 10.3 Å². The maximum atomic E-state index is 10.9. The van der Waals surface area contributed by atoms with Gasteiger partial charge in [-0.1, -0.05) is 21.1 Å². The van der Waals surface area contributed by atoms with E-state index in [1.807, 2.05) is 0 Å². The van der Waals surface area contributed by atoms with Crippen LogP contribution in [0.15, 0.2) is 28.0 Å². The number of halogens is 1. The van der Waals surface area contributed by atoms with Gasteiger partial charge in [0.25, 0.3) is 0 Å². The zero-order chi connectivity index (χ0) is 11.6. The summed E-state index contributed by atoms with van der Waals surface area (Å²) in [5, 5.41) is 11.4. The van der Waals surface area contributed by atoms with Crippen LogP contribution in [0.5, 0.6) is 0 Å². The van der Waals surface area contributed by atoms with Crippen LogP contribution >= 0.6 is 15.9 Å². The number of allylic oxidation sites excluding steroid dienone is 4. The third-order valence-electron chi connectivity index (χ3n) is 2.22. The van der Waals surface area contributed by atoms with Crippen LogP contribution in [0.25, 0.3) is 0 Å². The Balaban J connectivity index is 3.40. The van der Waals surface area contributed by atoms with Gasteiger partial charge in [0.05, 0.1) is 15.9 Å². The van der Waals surface area contributed by atoms with E-state index in [1.54, 1.807) is 19.9 Å². The molecular weight excluding hydrogens is 282 g/mol. The molecule has 1 rings (SSSR count). The number of alkyl halides is 1. The molecule has 0 bridgehead atoms. The molecule has 1 N–H and O–H groups in total. The standard InChI is InChI=1S/C9H10BrNO3S/c1-5-3-8(15(13)14)9(10)6(2)7(5)4-11-12/h3-4,9,12H,1-2H3. The van der Waals surface area contributed by atoms with Gasteiger partial charge >= 0.3 is 0 Å². The molecule has 0 aromatic carbocycles. The zero-order valence-corrected chi connectivity index (χ0v) is 10.6. The molecular formula is C9H10BrNO3S. The monoisotopic (exact) mass is 291 g/mol. The highest BCUT2D eigenvalue weighted by molar-refractivity contribution is 9.10. The summed E-state index contributed by atoms with van der Waals surface area (Å²) in [4.78, 5) is -0.0624. The van der Waals surface area contributed by atoms with Crippen molar-refractivity contribution in [1.29, 1.82) is 0 Å². The summed E-state index contributed by atoms with van der Waals surface area (Å²) in [5.41, 5.74) is 2.32. The normalized spacial score (nSPS) is 22.2. The van der Waals surface area contributed by atoms with Crippen molar-refractivity contribution in [1.82, 2.24) is 0 Å². The smallest absolute Gasteiger partial charge is 0.218 e. The van der Waals surface area contributed by atoms with Crippen LogP contribution in [0.4, 0.5) is 0 Å². The van der Waals surface area contributed by atoms with Crippen molar-refractivity contribution in [3.8, 4) is 0 Å². The first kappa shape index (κ1) is 12.2. The second kappa shape index (κ2) is 4.76. The molecule has 1 aliphatic carbocycles. The molecule has 15 heavy (non-hydrogen) atoms. The highest BCUT2D eigenvalue weighted by atomic mass is 79.9. The lowest BCUT2D eigenvalue weighted by molar-refractivity contribution is 0.321. The van der Waals surface area contributed by atoms with E-state index in [-0.39, 0.29) is 4.83 Å². The molecule has 0 spiro atoms. The van der Waals surface area contributed by atoms with E-state index in [0.717, 1.165) is 16.7 Å². The lowest BCUT2D eigenvalue weighted by atomic mass is 9.93. The van der Waals surface area contributed by atoms with Crippen LogP contribution in [0.2, 0.25) is 0 Å². The Morgan fingerprint density at radius 1 is 1.53 bits per heavy atom. The molecule has 0 aliphatic heterocycles. The molecule has 0 aromatic rings. The van der Waals surface area contributed by atoms with Gasteiger partial charge in [-0.2, -0.15) is 8.42 Å². The zero-order valence-electron chi connectivity index (χ0n) is 8.23. The van der Waals surface area contributed by atoms with Crippen LogP contribution in [-0.4, -0.2) is 29.5 Å². The minimum atomic E-state index is -2.24. The van der Waals surface area contributed by atoms with Crippen molar-refractivity contribution >= 4 is 37.3 Å². The molecule has 0 saturated heterocycles. The van der Waals surface area contributed by atoms with Crippen LogP contribution in [0.3, 0.4) is 0 Å². The maximum Gasteiger partial charge on any atom is 0.218 e. The molecule has 0 saturated carbocycles. The predicted molar refractivity (Wildman–Crippen MR) is 63.4 cm³/mol. The topological polar surface area (TPSA) is 66.7 Å². The van der Waals surface area contributed by atoms with Crippen LogP contribution in [0, 0.1) is 0 Å². The van der Waals surface area contributed by atoms with E-state index in [1.165, 1.54) is 6.21 Å². The molecule has 1 atom stereocenters. The minimum absolute atomic E-state index is 0.292. The Morgan fingerprint density at radius 2 is 2.13 bits per heavy atom. The summed E-state index contributed by atoms with van der Waals surface area (Å²) < 4.78 is 21.8. The van der Waals surface area contributed by atoms with Crippen molar-refractivity contribution in [2.24, 2.45) is 5.16 Å². The number of nitrogens with zero attached hydrogens (tertiary/aromatic N) is 1. The van der Waals surface area contributed by atoms with Crippen molar-refractivity contribution in [3.05, 3.63) is 22.8 Å². The summed E-state index contributed by atoms with van der Waals surface area (Å²) in [6.07, 6.45) is 2.87. The van der Waals surface area contributed by atoms with Gasteiger partial charge < -0.3 is 5.21 Å². The summed E-state index contributed by atoms with van der Waals surface area (Å²) >= 11 is 3.28. The molecule has 0 aromatic heterocycles. The van der Waals surface area contributed by atoms with Gasteiger partial charge in [0.15, 0.2) is 0 Å². The predicted octanol–water partition coefficient (Wildman–Crippen LogP) is 1.54. The van der Waals surface area contributed by atoms with Crippen molar-refractivity contribution in [3.63, 3.8) is 0 Å². The van der Waals surface area contributed by atoms with Gasteiger partial charge in [-0.3, -0.25) is 0 Å². The number of hydrogen-bond acceptors (Lipinski definition) is 4. The molecule has 4 nitrogen and oxygen atoms in total. The first-order valence-electron chi connectivity index (χ1n) is 4.16. The number of hydrogen-bond donors (Lipinski definition) is 1. The van der Waals surface area contributed by atoms with E-state index >= 15 is 0 Å². The molecule has 1 aliphatic rings. The summed E-state index contributed by atoms with van der Waals surface area (Å²) in [6.45, 7) is 3.56. The van der Waals surface area contributed by atoms with Crippen LogP contribution < -0.4 is 0 Å². The highest BCUT2D eigenvalue weighted by Crippen LogP contribution is 2.26. The van der Waals surface area contributed by atoms with Crippen molar-refractivity contribution < 1.29 is 13.6 Å². The van der Waals surface area contributed by atoms with Crippen molar-refractivity contribution in [2.45, 2.75) is 18.7 Å². The van der Waals surface area contributed by atoms with Crippen LogP contribution in [-0.2, 0) is 10.3 Å². The Labute approximate surface area is 97.6 Å². The summed E-state index contributed by atoms with van der Waals surface area (Å²) in [5.74, 6) is 0. The number of oxime groups is 1. The second-order valence-corrected chi connectivity index (χ2v) is 5.02. The average Bonchev–Trinajstić information content (AvgIpc) is 2.18. The Kier molecular flexibility index (Phi) is 3.87. The van der Waals surface area contributed by atoms with Gasteiger partial charge in [0.1, 0.15) is 0 Å². The third kappa shape index (κ3) is 2.38. The van der Waals surface area contributed by atoms with Gasteiger partial charge in [0.2, 0.25) is 10.3 Å². The summed E-state index contributed by atoms with van der Waals surface area (Å²) in [6, 6.07) is 0. The Bertz CT molecular complexity index is 491. The first-order chi connectivity index (χ1) is 6.99. The second-order valence-electron chi connectivity index (χ2n) is 3.17. The summed E-state index contributed by atoms with van der Waals surface area (Å²) in [7, 11) is -2.24. The lowest BCUT2D eigenvalue weighted by Gasteiger charge is -2.19. The molecule has 0 heterocycles. The third-order valence-corrected chi connectivity index (χ3v) is 4.44. The quantitative estimate of drug-likeness (QED) is 0.262. The van der Waals surface area contributed by atoms with Gasteiger partial charge in [-0.15, -0.1) is 0 Å². The largest absolute Gasteiger partial charge is 0.411 e. The van der Waals surface area contributed by atoms with E-state index in [2.05, 4.69) is 21.1 Å². The minimum Gasteiger partial charge on any atom is -0.411 e. The maximum absolute atomic E-state index is 10.9. The SMILES string of the molecule is CC1=CC(=S(=O)=O)C(Br)C(C)=C1C=NO. The molecule has 0 radical (unpaired) electrons. The molecule has 82 valence electrons. The molecule has 1 unspecified atom stereocenters. The molecule has 0 amide bonds. The van der Waals surface area contributed by atoms with E-state index in [4.69, 9.17) is 5.21 Å². The van der Waals surface area contributed by atoms with Crippen LogP contribution in [0.1, 0.15) is 13.8 Å². The fourth-order valence-electron chi connectivity index (χ4n) is 1.42.